The first-order chi connectivity index (χ1) is 8.86. The second-order valence-corrected chi connectivity index (χ2v) is 6.25. The van der Waals surface area contributed by atoms with Crippen molar-refractivity contribution in [3.63, 3.8) is 0 Å². The van der Waals surface area contributed by atoms with E-state index in [4.69, 9.17) is 11.6 Å². The molecule has 0 heterocycles. The van der Waals surface area contributed by atoms with Crippen molar-refractivity contribution in [3.05, 3.63) is 41.9 Å². The molecule has 6 heteroatoms. The molecule has 1 N–H and O–H groups in total. The molecule has 0 amide bonds. The molecule has 104 valence electrons. The van der Waals surface area contributed by atoms with Crippen molar-refractivity contribution >= 4 is 27.4 Å². The number of benzene rings is 1. The third-order valence-electron chi connectivity index (χ3n) is 2.57. The highest BCUT2D eigenvalue weighted by Gasteiger charge is 2.22. The van der Waals surface area contributed by atoms with E-state index in [1.54, 1.807) is 6.08 Å². The van der Waals surface area contributed by atoms with Crippen LogP contribution in [0, 0.1) is 0 Å². The topological polar surface area (TPSA) is 63.2 Å². The molecule has 0 radical (unpaired) electrons. The first-order valence-corrected chi connectivity index (χ1v) is 7.62. The third-order valence-corrected chi connectivity index (χ3v) is 4.31. The van der Waals surface area contributed by atoms with Crippen molar-refractivity contribution in [1.82, 2.24) is 4.72 Å². The highest BCUT2D eigenvalue weighted by atomic mass is 35.5. The molecule has 19 heavy (non-hydrogen) atoms. The summed E-state index contributed by atoms with van der Waals surface area (Å²) in [7, 11) is -3.72. The van der Waals surface area contributed by atoms with Gasteiger partial charge in [-0.25, -0.2) is 13.1 Å². The summed E-state index contributed by atoms with van der Waals surface area (Å²) in [6, 6.07) is 5.04. The predicted molar refractivity (Wildman–Crippen MR) is 75.7 cm³/mol. The number of rotatable bonds is 7. The largest absolute Gasteiger partial charge is 0.298 e. The van der Waals surface area contributed by atoms with Gasteiger partial charge >= 0.3 is 0 Å². The Morgan fingerprint density at radius 2 is 2.00 bits per heavy atom. The molecule has 0 aliphatic carbocycles. The van der Waals surface area contributed by atoms with Crippen LogP contribution in [0.2, 0.25) is 5.02 Å². The van der Waals surface area contributed by atoms with Crippen molar-refractivity contribution in [2.45, 2.75) is 30.7 Å². The molecule has 0 bridgehead atoms. The molecular formula is C13H16ClNO3S. The molecule has 0 saturated heterocycles. The summed E-state index contributed by atoms with van der Waals surface area (Å²) in [6.45, 7) is 4.91. The highest BCUT2D eigenvalue weighted by Crippen LogP contribution is 2.15. The van der Waals surface area contributed by atoms with Crippen molar-refractivity contribution in [3.8, 4) is 0 Å². The lowest BCUT2D eigenvalue weighted by Gasteiger charge is -2.15. The minimum absolute atomic E-state index is 0.0850. The van der Waals surface area contributed by atoms with Gasteiger partial charge in [-0.3, -0.25) is 4.79 Å². The maximum absolute atomic E-state index is 12.1. The molecule has 1 rings (SSSR count). The molecule has 0 saturated carbocycles. The maximum atomic E-state index is 12.1. The van der Waals surface area contributed by atoms with Gasteiger partial charge in [0.15, 0.2) is 0 Å². The highest BCUT2D eigenvalue weighted by molar-refractivity contribution is 7.89. The Morgan fingerprint density at radius 1 is 1.42 bits per heavy atom. The van der Waals surface area contributed by atoms with E-state index in [-0.39, 0.29) is 10.7 Å². The fourth-order valence-corrected chi connectivity index (χ4v) is 2.91. The number of carbonyl (C=O) groups excluding carboxylic acids is 1. The van der Waals surface area contributed by atoms with Gasteiger partial charge in [0, 0.05) is 5.02 Å². The van der Waals surface area contributed by atoms with Crippen LogP contribution in [0.15, 0.2) is 41.8 Å². The van der Waals surface area contributed by atoms with Crippen LogP contribution in [0.3, 0.4) is 0 Å². The maximum Gasteiger partial charge on any atom is 0.241 e. The fourth-order valence-electron chi connectivity index (χ4n) is 1.50. The molecule has 1 aromatic rings. The van der Waals surface area contributed by atoms with Gasteiger partial charge in [0.1, 0.15) is 5.78 Å². The van der Waals surface area contributed by atoms with E-state index in [0.29, 0.717) is 17.9 Å². The number of Topliss-reactive ketones (excluding diaryl/α,β-unsaturated/α-hetero) is 1. The molecule has 1 aromatic carbocycles. The molecule has 0 spiro atoms. The lowest BCUT2D eigenvalue weighted by Crippen LogP contribution is -2.39. The Balaban J connectivity index is 2.90. The number of nitrogens with one attached hydrogen (secondary N) is 1. The van der Waals surface area contributed by atoms with E-state index in [0.717, 1.165) is 0 Å². The Labute approximate surface area is 118 Å². The number of allylic oxidation sites excluding steroid dienone is 1. The van der Waals surface area contributed by atoms with Crippen LogP contribution in [-0.2, 0) is 14.8 Å². The molecule has 0 aromatic heterocycles. The van der Waals surface area contributed by atoms with Crippen LogP contribution in [0.4, 0.5) is 0 Å². The molecule has 4 nitrogen and oxygen atoms in total. The molecule has 0 aliphatic heterocycles. The number of hydrogen-bond donors (Lipinski definition) is 1. The van der Waals surface area contributed by atoms with Crippen LogP contribution >= 0.6 is 11.6 Å². The average Bonchev–Trinajstić information content (AvgIpc) is 2.34. The van der Waals surface area contributed by atoms with Crippen LogP contribution in [0.25, 0.3) is 0 Å². The summed E-state index contributed by atoms with van der Waals surface area (Å²) in [6.07, 6.45) is 2.60. The van der Waals surface area contributed by atoms with E-state index in [1.165, 1.54) is 31.2 Å². The smallest absolute Gasteiger partial charge is 0.241 e. The summed E-state index contributed by atoms with van der Waals surface area (Å²) < 4.78 is 26.6. The van der Waals surface area contributed by atoms with Crippen LogP contribution < -0.4 is 4.72 Å². The monoisotopic (exact) mass is 301 g/mol. The summed E-state index contributed by atoms with van der Waals surface area (Å²) in [5.41, 5.74) is 0. The van der Waals surface area contributed by atoms with E-state index >= 15 is 0 Å². The minimum atomic E-state index is -3.72. The van der Waals surface area contributed by atoms with Crippen LogP contribution in [-0.4, -0.2) is 20.2 Å². The number of carbonyl (C=O) groups is 1. The van der Waals surface area contributed by atoms with E-state index in [2.05, 4.69) is 11.3 Å². The first kappa shape index (κ1) is 15.9. The molecule has 1 unspecified atom stereocenters. The summed E-state index contributed by atoms with van der Waals surface area (Å²) in [5.74, 6) is -0.223. The van der Waals surface area contributed by atoms with Gasteiger partial charge in [0.2, 0.25) is 10.0 Å². The predicted octanol–water partition coefficient (Wildman–Crippen LogP) is 2.54. The standard InChI is InChI=1S/C13H16ClNO3S/c1-3-4-5-13(10(2)16)15-19(17,18)12-8-6-11(14)7-9-12/h3,6-9,13,15H,1,4-5H2,2H3. The number of halogens is 1. The SMILES string of the molecule is C=CCCC(NS(=O)(=O)c1ccc(Cl)cc1)C(C)=O. The minimum Gasteiger partial charge on any atom is -0.298 e. The number of ketones is 1. The average molecular weight is 302 g/mol. The Bertz CT molecular complexity index is 552. The van der Waals surface area contributed by atoms with Crippen molar-refractivity contribution < 1.29 is 13.2 Å². The van der Waals surface area contributed by atoms with Gasteiger partial charge in [0.05, 0.1) is 10.9 Å². The summed E-state index contributed by atoms with van der Waals surface area (Å²) in [4.78, 5) is 11.5. The second-order valence-electron chi connectivity index (χ2n) is 4.10. The molecular weight excluding hydrogens is 286 g/mol. The zero-order chi connectivity index (χ0) is 14.5. The number of sulfonamides is 1. The third kappa shape index (κ3) is 4.78. The Hall–Kier alpha value is -1.17. The van der Waals surface area contributed by atoms with Gasteiger partial charge in [-0.1, -0.05) is 17.7 Å². The van der Waals surface area contributed by atoms with Crippen LogP contribution in [0.1, 0.15) is 19.8 Å². The van der Waals surface area contributed by atoms with Crippen molar-refractivity contribution in [2.75, 3.05) is 0 Å². The fraction of sp³-hybridized carbons (Fsp3) is 0.308. The van der Waals surface area contributed by atoms with E-state index in [9.17, 15) is 13.2 Å². The van der Waals surface area contributed by atoms with Gasteiger partial charge in [-0.15, -0.1) is 6.58 Å². The van der Waals surface area contributed by atoms with Crippen molar-refractivity contribution in [2.24, 2.45) is 0 Å². The van der Waals surface area contributed by atoms with Gasteiger partial charge in [-0.05, 0) is 44.0 Å². The zero-order valence-corrected chi connectivity index (χ0v) is 12.2. The lowest BCUT2D eigenvalue weighted by atomic mass is 10.1. The Morgan fingerprint density at radius 3 is 2.47 bits per heavy atom. The summed E-state index contributed by atoms with van der Waals surface area (Å²) >= 11 is 5.71. The second kappa shape index (κ2) is 6.84. The Kier molecular flexibility index (Phi) is 5.72. The van der Waals surface area contributed by atoms with Gasteiger partial charge in [-0.2, -0.15) is 0 Å². The zero-order valence-electron chi connectivity index (χ0n) is 10.6. The van der Waals surface area contributed by atoms with E-state index < -0.39 is 16.1 Å². The molecule has 0 aliphatic rings. The summed E-state index contributed by atoms with van der Waals surface area (Å²) in [5, 5.41) is 0.453. The molecule has 0 fully saturated rings. The quantitative estimate of drug-likeness (QED) is 0.787. The first-order valence-electron chi connectivity index (χ1n) is 5.76. The van der Waals surface area contributed by atoms with Crippen molar-refractivity contribution in [1.29, 1.82) is 0 Å². The van der Waals surface area contributed by atoms with Gasteiger partial charge < -0.3 is 0 Å². The van der Waals surface area contributed by atoms with Gasteiger partial charge in [0.25, 0.3) is 0 Å². The normalized spacial score (nSPS) is 12.9. The lowest BCUT2D eigenvalue weighted by molar-refractivity contribution is -0.118. The van der Waals surface area contributed by atoms with Crippen LogP contribution in [0.5, 0.6) is 0 Å². The van der Waals surface area contributed by atoms with E-state index in [1.807, 2.05) is 0 Å². The number of hydrogen-bond acceptors (Lipinski definition) is 3. The molecule has 1 atom stereocenters.